The lowest BCUT2D eigenvalue weighted by Gasteiger charge is -2.10. The summed E-state index contributed by atoms with van der Waals surface area (Å²) in [5.41, 5.74) is 3.97. The molecule has 2 heterocycles. The third-order valence-electron chi connectivity index (χ3n) is 4.92. The van der Waals surface area contributed by atoms with Crippen molar-refractivity contribution in [2.24, 2.45) is 0 Å². The van der Waals surface area contributed by atoms with Gasteiger partial charge in [0, 0.05) is 5.56 Å². The average molecular weight is 535 g/mol. The number of thiazole rings is 1. The number of para-hydroxylation sites is 2. The van der Waals surface area contributed by atoms with Crippen LogP contribution in [0.5, 0.6) is 5.75 Å². The molecule has 0 unspecified atom stereocenters. The van der Waals surface area contributed by atoms with Crippen LogP contribution >= 0.6 is 33.9 Å². The van der Waals surface area contributed by atoms with Crippen LogP contribution in [0, 0.1) is 14.9 Å². The largest absolute Gasteiger partial charge is 0.488 e. The molecule has 7 heteroatoms. The van der Waals surface area contributed by atoms with E-state index in [2.05, 4.69) is 33.6 Å². The number of hydrogen-bond donors (Lipinski definition) is 0. The molecule has 0 radical (unpaired) electrons. The summed E-state index contributed by atoms with van der Waals surface area (Å²) in [7, 11) is 0. The number of nitrogens with zero attached hydrogens (tertiary/aromatic N) is 3. The van der Waals surface area contributed by atoms with E-state index >= 15 is 0 Å². The molecule has 0 N–H and O–H groups in total. The number of benzene rings is 3. The van der Waals surface area contributed by atoms with Crippen LogP contribution in [0.25, 0.3) is 22.1 Å². The number of fused-ring (bicyclic) bond motifs is 3. The Morgan fingerprint density at radius 1 is 1.13 bits per heavy atom. The second kappa shape index (κ2) is 8.13. The van der Waals surface area contributed by atoms with Gasteiger partial charge in [0.2, 0.25) is 0 Å². The van der Waals surface area contributed by atoms with Gasteiger partial charge < -0.3 is 4.74 Å². The van der Waals surface area contributed by atoms with Gasteiger partial charge in [-0.05, 0) is 64.6 Å². The molecule has 5 aromatic rings. The number of nitriles is 1. The fraction of sp³-hybridized carbons (Fsp3) is 0.0417. The standard InChI is InChI=1S/C24H14IN3O2S/c25-18-11-15(9-10-21(18)30-14-17-6-2-1-5-16(17)13-26)12-22-23(29)28-20-8-4-3-7-19(20)27-24(28)31-22/h1-12H,14H2. The molecular weight excluding hydrogens is 521 g/mol. The maximum atomic E-state index is 12.9. The zero-order valence-electron chi connectivity index (χ0n) is 16.1. The summed E-state index contributed by atoms with van der Waals surface area (Å²) in [5.74, 6) is 0.736. The first-order chi connectivity index (χ1) is 15.1. The molecule has 0 amide bonds. The summed E-state index contributed by atoms with van der Waals surface area (Å²) in [5, 5.41) is 9.22. The molecule has 0 saturated heterocycles. The third kappa shape index (κ3) is 3.69. The molecule has 0 spiro atoms. The summed E-state index contributed by atoms with van der Waals surface area (Å²) >= 11 is 3.61. The van der Waals surface area contributed by atoms with Crippen molar-refractivity contribution in [2.75, 3.05) is 0 Å². The van der Waals surface area contributed by atoms with Gasteiger partial charge >= 0.3 is 0 Å². The van der Waals surface area contributed by atoms with Crippen LogP contribution in [-0.2, 0) is 6.61 Å². The summed E-state index contributed by atoms with van der Waals surface area (Å²) < 4.78 is 9.17. The Morgan fingerprint density at radius 2 is 1.94 bits per heavy atom. The van der Waals surface area contributed by atoms with Crippen LogP contribution in [-0.4, -0.2) is 9.38 Å². The first-order valence-electron chi connectivity index (χ1n) is 9.46. The van der Waals surface area contributed by atoms with E-state index in [1.807, 2.05) is 66.7 Å². The van der Waals surface area contributed by atoms with Crippen LogP contribution in [0.3, 0.4) is 0 Å². The number of rotatable bonds is 4. The van der Waals surface area contributed by atoms with E-state index in [9.17, 15) is 10.1 Å². The molecule has 5 nitrogen and oxygen atoms in total. The van der Waals surface area contributed by atoms with E-state index in [1.54, 1.807) is 10.5 Å². The van der Waals surface area contributed by atoms with Gasteiger partial charge in [0.25, 0.3) is 5.56 Å². The Hall–Kier alpha value is -3.22. The monoisotopic (exact) mass is 535 g/mol. The highest BCUT2D eigenvalue weighted by Gasteiger charge is 2.11. The zero-order chi connectivity index (χ0) is 21.4. The number of halogens is 1. The molecule has 0 aliphatic rings. The fourth-order valence-corrected chi connectivity index (χ4v) is 5.08. The van der Waals surface area contributed by atoms with Crippen LogP contribution in [0.4, 0.5) is 0 Å². The zero-order valence-corrected chi connectivity index (χ0v) is 19.1. The first kappa shape index (κ1) is 19.7. The van der Waals surface area contributed by atoms with Gasteiger partial charge in [0.1, 0.15) is 12.4 Å². The molecule has 31 heavy (non-hydrogen) atoms. The van der Waals surface area contributed by atoms with Gasteiger partial charge in [-0.3, -0.25) is 4.79 Å². The minimum atomic E-state index is -0.0582. The van der Waals surface area contributed by atoms with Gasteiger partial charge in [-0.1, -0.05) is 47.7 Å². The van der Waals surface area contributed by atoms with E-state index in [4.69, 9.17) is 4.74 Å². The first-order valence-corrected chi connectivity index (χ1v) is 11.4. The SMILES string of the molecule is N#Cc1ccccc1COc1ccc(C=c2sc3nc4ccccc4n3c2=O)cc1I. The van der Waals surface area contributed by atoms with Crippen LogP contribution in [0.1, 0.15) is 16.7 Å². The van der Waals surface area contributed by atoms with Crippen molar-refractivity contribution in [3.05, 3.63) is 102 Å². The minimum absolute atomic E-state index is 0.0582. The molecular formula is C24H14IN3O2S. The van der Waals surface area contributed by atoms with E-state index in [1.165, 1.54) is 11.3 Å². The quantitative estimate of drug-likeness (QED) is 0.318. The maximum Gasteiger partial charge on any atom is 0.274 e. The Balaban J connectivity index is 1.45. The smallest absolute Gasteiger partial charge is 0.274 e. The van der Waals surface area contributed by atoms with E-state index < -0.39 is 0 Å². The molecule has 0 aliphatic heterocycles. The average Bonchev–Trinajstić information content (AvgIpc) is 3.29. The predicted octanol–water partition coefficient (Wildman–Crippen LogP) is 4.51. The van der Waals surface area contributed by atoms with Crippen LogP contribution < -0.4 is 14.8 Å². The summed E-state index contributed by atoms with van der Waals surface area (Å²) in [6.45, 7) is 0.322. The molecule has 2 aromatic heterocycles. The second-order valence-electron chi connectivity index (χ2n) is 6.88. The van der Waals surface area contributed by atoms with E-state index in [0.717, 1.165) is 31.5 Å². The van der Waals surface area contributed by atoms with Crippen molar-refractivity contribution in [1.29, 1.82) is 5.26 Å². The Kier molecular flexibility index (Phi) is 5.18. The lowest BCUT2D eigenvalue weighted by Crippen LogP contribution is -2.22. The van der Waals surface area contributed by atoms with Gasteiger partial charge in [-0.15, -0.1) is 0 Å². The van der Waals surface area contributed by atoms with Crippen molar-refractivity contribution in [3.63, 3.8) is 0 Å². The highest BCUT2D eigenvalue weighted by molar-refractivity contribution is 14.1. The highest BCUT2D eigenvalue weighted by Crippen LogP contribution is 2.24. The van der Waals surface area contributed by atoms with Gasteiger partial charge in [-0.2, -0.15) is 5.26 Å². The molecule has 0 saturated carbocycles. The molecule has 0 atom stereocenters. The molecule has 5 rings (SSSR count). The third-order valence-corrected chi connectivity index (χ3v) is 6.73. The van der Waals surface area contributed by atoms with Gasteiger partial charge in [-0.25, -0.2) is 9.38 Å². The van der Waals surface area contributed by atoms with Gasteiger partial charge in [0.15, 0.2) is 4.96 Å². The lowest BCUT2D eigenvalue weighted by atomic mass is 10.1. The topological polar surface area (TPSA) is 67.4 Å². The van der Waals surface area contributed by atoms with Crippen molar-refractivity contribution in [2.45, 2.75) is 6.61 Å². The Morgan fingerprint density at radius 3 is 2.77 bits per heavy atom. The molecule has 0 fully saturated rings. The van der Waals surface area contributed by atoms with E-state index in [0.29, 0.717) is 21.7 Å². The molecule has 0 aliphatic carbocycles. The fourth-order valence-electron chi connectivity index (χ4n) is 3.40. The summed E-state index contributed by atoms with van der Waals surface area (Å²) in [4.78, 5) is 18.2. The van der Waals surface area contributed by atoms with Crippen molar-refractivity contribution in [1.82, 2.24) is 9.38 Å². The Labute approximate surface area is 195 Å². The Bertz CT molecular complexity index is 1600. The minimum Gasteiger partial charge on any atom is -0.488 e. The summed E-state index contributed by atoms with van der Waals surface area (Å²) in [6, 6.07) is 23.0. The van der Waals surface area contributed by atoms with Crippen LogP contribution in [0.2, 0.25) is 0 Å². The molecule has 3 aromatic carbocycles. The molecule has 150 valence electrons. The summed E-state index contributed by atoms with van der Waals surface area (Å²) in [6.07, 6.45) is 1.88. The number of imidazole rings is 1. The number of hydrogen-bond acceptors (Lipinski definition) is 5. The van der Waals surface area contributed by atoms with E-state index in [-0.39, 0.29) is 5.56 Å². The van der Waals surface area contributed by atoms with Crippen molar-refractivity contribution >= 4 is 56.0 Å². The highest BCUT2D eigenvalue weighted by atomic mass is 127. The normalized spacial score (nSPS) is 11.8. The predicted molar refractivity (Wildman–Crippen MR) is 130 cm³/mol. The van der Waals surface area contributed by atoms with Gasteiger partial charge in [0.05, 0.1) is 30.8 Å². The number of aromatic nitrogens is 2. The maximum absolute atomic E-state index is 12.9. The van der Waals surface area contributed by atoms with Crippen molar-refractivity contribution < 1.29 is 4.74 Å². The number of ether oxygens (including phenoxy) is 1. The van der Waals surface area contributed by atoms with Crippen molar-refractivity contribution in [3.8, 4) is 11.8 Å². The lowest BCUT2D eigenvalue weighted by molar-refractivity contribution is 0.303. The second-order valence-corrected chi connectivity index (χ2v) is 9.05. The molecule has 0 bridgehead atoms. The van der Waals surface area contributed by atoms with Crippen LogP contribution in [0.15, 0.2) is 71.5 Å².